The number of esters is 1. The van der Waals surface area contributed by atoms with Gasteiger partial charge in [0.15, 0.2) is 6.61 Å². The Hall–Kier alpha value is -2.85. The Morgan fingerprint density at radius 3 is 2.74 bits per heavy atom. The van der Waals surface area contributed by atoms with Crippen molar-refractivity contribution in [1.82, 2.24) is 10.2 Å². The van der Waals surface area contributed by atoms with Crippen molar-refractivity contribution in [3.63, 3.8) is 0 Å². The summed E-state index contributed by atoms with van der Waals surface area (Å²) in [5, 5.41) is 2.22. The third-order valence-electron chi connectivity index (χ3n) is 4.57. The number of carbonyl (C=O) groups is 4. The third-order valence-corrected chi connectivity index (χ3v) is 5.47. The quantitative estimate of drug-likeness (QED) is 0.451. The minimum atomic E-state index is -0.509. The summed E-state index contributed by atoms with van der Waals surface area (Å²) in [7, 11) is 0. The highest BCUT2D eigenvalue weighted by Crippen LogP contribution is 2.32. The zero-order valence-electron chi connectivity index (χ0n) is 17.1. The first-order chi connectivity index (χ1) is 15.0. The minimum Gasteiger partial charge on any atom is -0.482 e. The number of hydrogen-bond acceptors (Lipinski definition) is 8. The summed E-state index contributed by atoms with van der Waals surface area (Å²) in [5.41, 5.74) is 0.678. The van der Waals surface area contributed by atoms with Gasteiger partial charge in [-0.1, -0.05) is 12.1 Å². The van der Waals surface area contributed by atoms with Crippen LogP contribution in [0.5, 0.6) is 5.75 Å². The molecule has 0 unspecified atom stereocenters. The van der Waals surface area contributed by atoms with E-state index >= 15 is 0 Å². The molecule has 1 N–H and O–H groups in total. The molecule has 1 aromatic carbocycles. The molecule has 0 spiro atoms. The highest BCUT2D eigenvalue weighted by atomic mass is 32.2. The van der Waals surface area contributed by atoms with E-state index in [-0.39, 0.29) is 30.8 Å². The number of imide groups is 1. The van der Waals surface area contributed by atoms with E-state index in [1.54, 1.807) is 37.3 Å². The molecule has 2 fully saturated rings. The van der Waals surface area contributed by atoms with Crippen molar-refractivity contribution in [2.24, 2.45) is 0 Å². The van der Waals surface area contributed by atoms with E-state index in [4.69, 9.17) is 14.2 Å². The van der Waals surface area contributed by atoms with Crippen LogP contribution in [0.2, 0.25) is 0 Å². The fraction of sp³-hybridized carbons (Fsp3) is 0.429. The molecular formula is C21H24N2O7S. The fourth-order valence-corrected chi connectivity index (χ4v) is 3.86. The molecule has 2 heterocycles. The van der Waals surface area contributed by atoms with Crippen molar-refractivity contribution in [3.05, 3.63) is 34.7 Å². The number of carbonyl (C=O) groups excluding carboxylic acids is 4. The standard InChI is InChI=1S/C21H24N2O7S/c1-2-28-19(25)13-30-15-7-5-14(6-8-15)10-17-20(26)23(21(27)31-17)12-18(24)22-11-16-4-3-9-29-16/h5-8,10,16H,2-4,9,11-13H2,1H3,(H,22,24)/b17-10-/t16-/m1/s1. The number of hydrogen-bond donors (Lipinski definition) is 1. The molecule has 3 amide bonds. The number of nitrogens with one attached hydrogen (secondary N) is 1. The predicted molar refractivity (Wildman–Crippen MR) is 113 cm³/mol. The SMILES string of the molecule is CCOC(=O)COc1ccc(/C=C2\SC(=O)N(CC(=O)NC[C@H]3CCCO3)C2=O)cc1. The van der Waals surface area contributed by atoms with Crippen LogP contribution >= 0.6 is 11.8 Å². The molecule has 166 valence electrons. The maximum absolute atomic E-state index is 12.6. The molecule has 0 radical (unpaired) electrons. The molecule has 2 aliphatic heterocycles. The molecule has 2 saturated heterocycles. The molecule has 0 bridgehead atoms. The van der Waals surface area contributed by atoms with E-state index in [9.17, 15) is 19.2 Å². The zero-order chi connectivity index (χ0) is 22.2. The molecule has 3 rings (SSSR count). The van der Waals surface area contributed by atoms with Gasteiger partial charge in [0.05, 0.1) is 17.6 Å². The van der Waals surface area contributed by atoms with Gasteiger partial charge in [-0.15, -0.1) is 0 Å². The Labute approximate surface area is 184 Å². The number of rotatable bonds is 9. The fourth-order valence-electron chi connectivity index (χ4n) is 3.03. The van der Waals surface area contributed by atoms with Gasteiger partial charge in [-0.3, -0.25) is 19.3 Å². The molecule has 0 saturated carbocycles. The second kappa shape index (κ2) is 11.0. The smallest absolute Gasteiger partial charge is 0.344 e. The van der Waals surface area contributed by atoms with Crippen LogP contribution in [0.1, 0.15) is 25.3 Å². The van der Waals surface area contributed by atoms with Crippen LogP contribution in [0, 0.1) is 0 Å². The molecule has 2 aliphatic rings. The van der Waals surface area contributed by atoms with Crippen molar-refractivity contribution in [1.29, 1.82) is 0 Å². The Balaban J connectivity index is 1.53. The summed E-state index contributed by atoms with van der Waals surface area (Å²) in [6.45, 7) is 2.54. The van der Waals surface area contributed by atoms with Crippen LogP contribution in [0.4, 0.5) is 4.79 Å². The first-order valence-corrected chi connectivity index (χ1v) is 10.8. The van der Waals surface area contributed by atoms with Gasteiger partial charge in [0.25, 0.3) is 11.1 Å². The number of benzene rings is 1. The van der Waals surface area contributed by atoms with Crippen molar-refractivity contribution in [2.45, 2.75) is 25.9 Å². The summed E-state index contributed by atoms with van der Waals surface area (Å²) in [6.07, 6.45) is 3.41. The third kappa shape index (κ3) is 6.56. The molecule has 1 aromatic rings. The number of ether oxygens (including phenoxy) is 3. The Morgan fingerprint density at radius 1 is 1.29 bits per heavy atom. The highest BCUT2D eigenvalue weighted by Gasteiger charge is 2.36. The van der Waals surface area contributed by atoms with E-state index in [0.29, 0.717) is 24.5 Å². The minimum absolute atomic E-state index is 0.0111. The van der Waals surface area contributed by atoms with Gasteiger partial charge in [-0.25, -0.2) is 4.79 Å². The molecular weight excluding hydrogens is 424 g/mol. The molecule has 10 heteroatoms. The monoisotopic (exact) mass is 448 g/mol. The zero-order valence-corrected chi connectivity index (χ0v) is 17.9. The average molecular weight is 448 g/mol. The van der Waals surface area contributed by atoms with E-state index in [2.05, 4.69) is 5.32 Å². The Bertz CT molecular complexity index is 863. The van der Waals surface area contributed by atoms with Crippen LogP contribution in [-0.2, 0) is 23.9 Å². The number of nitrogens with zero attached hydrogens (tertiary/aromatic N) is 1. The molecule has 0 aliphatic carbocycles. The van der Waals surface area contributed by atoms with Gasteiger partial charge in [0, 0.05) is 13.2 Å². The lowest BCUT2D eigenvalue weighted by Crippen LogP contribution is -2.41. The maximum Gasteiger partial charge on any atom is 0.344 e. The van der Waals surface area contributed by atoms with Crippen molar-refractivity contribution < 1.29 is 33.4 Å². The van der Waals surface area contributed by atoms with E-state index in [1.807, 2.05) is 0 Å². The van der Waals surface area contributed by atoms with Crippen LogP contribution < -0.4 is 10.1 Å². The highest BCUT2D eigenvalue weighted by molar-refractivity contribution is 8.18. The van der Waals surface area contributed by atoms with Crippen molar-refractivity contribution in [3.8, 4) is 5.75 Å². The van der Waals surface area contributed by atoms with Gasteiger partial charge in [0.1, 0.15) is 12.3 Å². The largest absolute Gasteiger partial charge is 0.482 e. The van der Waals surface area contributed by atoms with Gasteiger partial charge >= 0.3 is 5.97 Å². The van der Waals surface area contributed by atoms with Crippen molar-refractivity contribution in [2.75, 3.05) is 32.9 Å². The van der Waals surface area contributed by atoms with E-state index in [0.717, 1.165) is 29.5 Å². The second-order valence-electron chi connectivity index (χ2n) is 6.87. The Kier molecular flexibility index (Phi) is 8.07. The molecule has 1 atom stereocenters. The molecule has 0 aromatic heterocycles. The van der Waals surface area contributed by atoms with Gasteiger partial charge in [-0.2, -0.15) is 0 Å². The summed E-state index contributed by atoms with van der Waals surface area (Å²) in [6, 6.07) is 6.69. The summed E-state index contributed by atoms with van der Waals surface area (Å²) >= 11 is 0.787. The first-order valence-electron chi connectivity index (χ1n) is 9.98. The summed E-state index contributed by atoms with van der Waals surface area (Å²) < 4.78 is 15.6. The Morgan fingerprint density at radius 2 is 2.06 bits per heavy atom. The number of thioether (sulfide) groups is 1. The van der Waals surface area contributed by atoms with Gasteiger partial charge in [-0.05, 0) is 55.3 Å². The van der Waals surface area contributed by atoms with Crippen LogP contribution in [0.15, 0.2) is 29.2 Å². The van der Waals surface area contributed by atoms with Gasteiger partial charge in [0.2, 0.25) is 5.91 Å². The van der Waals surface area contributed by atoms with Crippen molar-refractivity contribution >= 4 is 40.9 Å². The van der Waals surface area contributed by atoms with E-state index < -0.39 is 23.0 Å². The van der Waals surface area contributed by atoms with E-state index in [1.165, 1.54) is 0 Å². The number of amides is 3. The molecule has 31 heavy (non-hydrogen) atoms. The lowest BCUT2D eigenvalue weighted by molar-refractivity contribution is -0.145. The average Bonchev–Trinajstić information content (AvgIpc) is 3.36. The summed E-state index contributed by atoms with van der Waals surface area (Å²) in [5.74, 6) is -0.895. The maximum atomic E-state index is 12.6. The second-order valence-corrected chi connectivity index (χ2v) is 7.86. The lowest BCUT2D eigenvalue weighted by atomic mass is 10.2. The van der Waals surface area contributed by atoms with Gasteiger partial charge < -0.3 is 19.5 Å². The lowest BCUT2D eigenvalue weighted by Gasteiger charge is -2.14. The summed E-state index contributed by atoms with van der Waals surface area (Å²) in [4.78, 5) is 49.4. The van der Waals surface area contributed by atoms with Crippen LogP contribution in [0.25, 0.3) is 6.08 Å². The predicted octanol–water partition coefficient (Wildman–Crippen LogP) is 1.96. The first kappa shape index (κ1) is 22.8. The van der Waals surface area contributed by atoms with Crippen LogP contribution in [-0.4, -0.2) is 66.9 Å². The van der Waals surface area contributed by atoms with Crippen LogP contribution in [0.3, 0.4) is 0 Å². The molecule has 9 nitrogen and oxygen atoms in total. The normalized spacial score (nSPS) is 19.7. The topological polar surface area (TPSA) is 111 Å².